The summed E-state index contributed by atoms with van der Waals surface area (Å²) in [6.45, 7) is 1.80. The van der Waals surface area contributed by atoms with Crippen LogP contribution in [0.3, 0.4) is 0 Å². The SMILES string of the molecule is COc1nc(C)nn1-c1ccccc1N. The third-order valence-electron chi connectivity index (χ3n) is 2.03. The lowest BCUT2D eigenvalue weighted by atomic mass is 10.3. The minimum absolute atomic E-state index is 0.436. The summed E-state index contributed by atoms with van der Waals surface area (Å²) in [5, 5.41) is 4.21. The third-order valence-corrected chi connectivity index (χ3v) is 2.03. The lowest BCUT2D eigenvalue weighted by molar-refractivity contribution is 0.369. The van der Waals surface area contributed by atoms with Gasteiger partial charge in [-0.05, 0) is 19.1 Å². The van der Waals surface area contributed by atoms with Crippen molar-refractivity contribution in [1.29, 1.82) is 0 Å². The second-order valence-electron chi connectivity index (χ2n) is 3.12. The third kappa shape index (κ3) is 1.63. The molecule has 5 heteroatoms. The average Bonchev–Trinajstić information content (AvgIpc) is 2.60. The predicted octanol–water partition coefficient (Wildman–Crippen LogP) is 1.17. The van der Waals surface area contributed by atoms with Gasteiger partial charge >= 0.3 is 6.01 Å². The van der Waals surface area contributed by atoms with Crippen LogP contribution < -0.4 is 10.5 Å². The van der Waals surface area contributed by atoms with Crippen LogP contribution in [0.15, 0.2) is 24.3 Å². The number of aromatic nitrogens is 3. The van der Waals surface area contributed by atoms with Crippen molar-refractivity contribution in [2.75, 3.05) is 12.8 Å². The number of hydrogen-bond donors (Lipinski definition) is 1. The molecule has 1 aromatic carbocycles. The van der Waals surface area contributed by atoms with E-state index in [0.29, 0.717) is 17.5 Å². The maximum absolute atomic E-state index is 5.84. The molecule has 0 aliphatic heterocycles. The quantitative estimate of drug-likeness (QED) is 0.745. The van der Waals surface area contributed by atoms with E-state index in [4.69, 9.17) is 10.5 Å². The molecule has 2 aromatic rings. The Morgan fingerprint density at radius 3 is 2.73 bits per heavy atom. The predicted molar refractivity (Wildman–Crippen MR) is 57.1 cm³/mol. The second-order valence-corrected chi connectivity index (χ2v) is 3.12. The van der Waals surface area contributed by atoms with Crippen molar-refractivity contribution in [3.8, 4) is 11.7 Å². The van der Waals surface area contributed by atoms with Gasteiger partial charge < -0.3 is 10.5 Å². The van der Waals surface area contributed by atoms with Gasteiger partial charge in [0.25, 0.3) is 0 Å². The average molecular weight is 204 g/mol. The van der Waals surface area contributed by atoms with Crippen molar-refractivity contribution in [3.63, 3.8) is 0 Å². The smallest absolute Gasteiger partial charge is 0.319 e. The fourth-order valence-electron chi connectivity index (χ4n) is 1.37. The van der Waals surface area contributed by atoms with Crippen molar-refractivity contribution in [2.45, 2.75) is 6.92 Å². The molecule has 1 aromatic heterocycles. The van der Waals surface area contributed by atoms with Crippen LogP contribution in [0.25, 0.3) is 5.69 Å². The van der Waals surface area contributed by atoms with E-state index >= 15 is 0 Å². The number of hydrogen-bond acceptors (Lipinski definition) is 4. The Morgan fingerprint density at radius 1 is 1.33 bits per heavy atom. The largest absolute Gasteiger partial charge is 0.467 e. The molecule has 0 saturated carbocycles. The van der Waals surface area contributed by atoms with Gasteiger partial charge in [0.05, 0.1) is 18.5 Å². The van der Waals surface area contributed by atoms with E-state index in [1.807, 2.05) is 24.3 Å². The van der Waals surface area contributed by atoms with Crippen LogP contribution in [0.2, 0.25) is 0 Å². The first kappa shape index (κ1) is 9.51. The molecule has 2 rings (SSSR count). The lowest BCUT2D eigenvalue weighted by Gasteiger charge is -2.06. The summed E-state index contributed by atoms with van der Waals surface area (Å²) in [5.74, 6) is 0.648. The maximum Gasteiger partial charge on any atom is 0.319 e. The van der Waals surface area contributed by atoms with Crippen LogP contribution in [0.1, 0.15) is 5.82 Å². The van der Waals surface area contributed by atoms with Gasteiger partial charge in [0.2, 0.25) is 0 Å². The lowest BCUT2D eigenvalue weighted by Crippen LogP contribution is -2.03. The molecule has 0 aliphatic carbocycles. The molecule has 0 atom stereocenters. The number of nitrogens with zero attached hydrogens (tertiary/aromatic N) is 3. The first-order valence-electron chi connectivity index (χ1n) is 4.55. The molecule has 5 nitrogen and oxygen atoms in total. The van der Waals surface area contributed by atoms with Gasteiger partial charge in [-0.3, -0.25) is 0 Å². The molecule has 0 fully saturated rings. The van der Waals surface area contributed by atoms with E-state index < -0.39 is 0 Å². The normalized spacial score (nSPS) is 10.3. The Bertz CT molecular complexity index is 478. The topological polar surface area (TPSA) is 66.0 Å². The van der Waals surface area contributed by atoms with Crippen molar-refractivity contribution < 1.29 is 4.74 Å². The number of nitrogens with two attached hydrogens (primary N) is 1. The van der Waals surface area contributed by atoms with Crippen LogP contribution in [0.5, 0.6) is 6.01 Å². The molecule has 15 heavy (non-hydrogen) atoms. The van der Waals surface area contributed by atoms with E-state index in [1.165, 1.54) is 0 Å². The highest BCUT2D eigenvalue weighted by atomic mass is 16.5. The zero-order valence-electron chi connectivity index (χ0n) is 8.64. The Morgan fingerprint density at radius 2 is 2.07 bits per heavy atom. The molecule has 0 aliphatic rings. The summed E-state index contributed by atoms with van der Waals surface area (Å²) in [4.78, 5) is 4.12. The first-order chi connectivity index (χ1) is 7.22. The summed E-state index contributed by atoms with van der Waals surface area (Å²) in [6, 6.07) is 7.88. The molecular weight excluding hydrogens is 192 g/mol. The Balaban J connectivity index is 2.58. The highest BCUT2D eigenvalue weighted by Gasteiger charge is 2.10. The number of rotatable bonds is 2. The molecule has 0 radical (unpaired) electrons. The van der Waals surface area contributed by atoms with Gasteiger partial charge in [-0.1, -0.05) is 12.1 Å². The van der Waals surface area contributed by atoms with E-state index in [2.05, 4.69) is 10.1 Å². The molecule has 0 spiro atoms. The highest BCUT2D eigenvalue weighted by molar-refractivity contribution is 5.57. The number of para-hydroxylation sites is 2. The fraction of sp³-hybridized carbons (Fsp3) is 0.200. The number of aryl methyl sites for hydroxylation is 1. The maximum atomic E-state index is 5.84. The minimum Gasteiger partial charge on any atom is -0.467 e. The van der Waals surface area contributed by atoms with Gasteiger partial charge in [0, 0.05) is 0 Å². The van der Waals surface area contributed by atoms with Gasteiger partial charge in [-0.2, -0.15) is 9.67 Å². The molecule has 0 bridgehead atoms. The van der Waals surface area contributed by atoms with Gasteiger partial charge in [0.1, 0.15) is 0 Å². The number of nitrogen functional groups attached to an aromatic ring is 1. The number of benzene rings is 1. The molecule has 78 valence electrons. The highest BCUT2D eigenvalue weighted by Crippen LogP contribution is 2.20. The molecule has 0 unspecified atom stereocenters. The van der Waals surface area contributed by atoms with E-state index in [1.54, 1.807) is 18.7 Å². The van der Waals surface area contributed by atoms with E-state index in [0.717, 1.165) is 5.69 Å². The summed E-state index contributed by atoms with van der Waals surface area (Å²) < 4.78 is 6.70. The molecule has 0 saturated heterocycles. The van der Waals surface area contributed by atoms with Crippen LogP contribution in [0.4, 0.5) is 5.69 Å². The zero-order chi connectivity index (χ0) is 10.8. The molecule has 2 N–H and O–H groups in total. The summed E-state index contributed by atoms with van der Waals surface area (Å²) >= 11 is 0. The minimum atomic E-state index is 0.436. The number of ether oxygens (including phenoxy) is 1. The van der Waals surface area contributed by atoms with Crippen LogP contribution in [-0.4, -0.2) is 21.9 Å². The van der Waals surface area contributed by atoms with Crippen LogP contribution in [-0.2, 0) is 0 Å². The van der Waals surface area contributed by atoms with Gasteiger partial charge in [0.15, 0.2) is 5.82 Å². The number of methoxy groups -OCH3 is 1. The Labute approximate surface area is 87.5 Å². The molecular formula is C10H12N4O. The summed E-state index contributed by atoms with van der Waals surface area (Å²) in [5.41, 5.74) is 7.25. The standard InChI is InChI=1S/C10H12N4O/c1-7-12-10(15-2)14(13-7)9-6-4-3-5-8(9)11/h3-6H,11H2,1-2H3. The van der Waals surface area contributed by atoms with Crippen molar-refractivity contribution in [1.82, 2.24) is 14.8 Å². The van der Waals surface area contributed by atoms with Gasteiger partial charge in [-0.15, -0.1) is 5.10 Å². The van der Waals surface area contributed by atoms with Crippen LogP contribution >= 0.6 is 0 Å². The van der Waals surface area contributed by atoms with Crippen molar-refractivity contribution in [2.24, 2.45) is 0 Å². The monoisotopic (exact) mass is 204 g/mol. The Hall–Kier alpha value is -2.04. The van der Waals surface area contributed by atoms with Gasteiger partial charge in [-0.25, -0.2) is 0 Å². The fourth-order valence-corrected chi connectivity index (χ4v) is 1.37. The first-order valence-corrected chi connectivity index (χ1v) is 4.55. The summed E-state index contributed by atoms with van der Waals surface area (Å²) in [7, 11) is 1.55. The summed E-state index contributed by atoms with van der Waals surface area (Å²) in [6.07, 6.45) is 0. The van der Waals surface area contributed by atoms with Crippen molar-refractivity contribution in [3.05, 3.63) is 30.1 Å². The van der Waals surface area contributed by atoms with Crippen LogP contribution in [0, 0.1) is 6.92 Å². The van der Waals surface area contributed by atoms with E-state index in [9.17, 15) is 0 Å². The second kappa shape index (κ2) is 3.61. The van der Waals surface area contributed by atoms with E-state index in [-0.39, 0.29) is 0 Å². The molecule has 0 amide bonds. The Kier molecular flexibility index (Phi) is 2.29. The zero-order valence-corrected chi connectivity index (χ0v) is 8.64. The van der Waals surface area contributed by atoms with Crippen molar-refractivity contribution >= 4 is 5.69 Å². The molecule has 1 heterocycles. The number of anilines is 1.